The summed E-state index contributed by atoms with van der Waals surface area (Å²) in [6.45, 7) is 2.41. The molecule has 0 aliphatic carbocycles. The Labute approximate surface area is 240 Å². The third-order valence-electron chi connectivity index (χ3n) is 7.47. The molecule has 40 heavy (non-hydrogen) atoms. The van der Waals surface area contributed by atoms with Gasteiger partial charge in [0.2, 0.25) is 11.8 Å². The Morgan fingerprint density at radius 3 is 2.77 bits per heavy atom. The second-order valence-electron chi connectivity index (χ2n) is 10.1. The van der Waals surface area contributed by atoms with Crippen LogP contribution in [0.4, 0.5) is 5.69 Å². The molecule has 0 unspecified atom stereocenters. The van der Waals surface area contributed by atoms with Gasteiger partial charge >= 0.3 is 0 Å². The number of pyridine rings is 1. The van der Waals surface area contributed by atoms with E-state index in [1.54, 1.807) is 35.4 Å². The van der Waals surface area contributed by atoms with Gasteiger partial charge in [0.1, 0.15) is 0 Å². The van der Waals surface area contributed by atoms with Crippen LogP contribution in [0.5, 0.6) is 0 Å². The maximum absolute atomic E-state index is 13.7. The average Bonchev–Trinajstić information content (AvgIpc) is 3.59. The smallest absolute Gasteiger partial charge is 0.247 e. The van der Waals surface area contributed by atoms with Gasteiger partial charge in [-0.05, 0) is 55.2 Å². The summed E-state index contributed by atoms with van der Waals surface area (Å²) in [6, 6.07) is 9.02. The first-order valence-corrected chi connectivity index (χ1v) is 13.8. The van der Waals surface area contributed by atoms with E-state index in [9.17, 15) is 9.59 Å². The second kappa shape index (κ2) is 10.9. The number of fused-ring (bicyclic) bond motifs is 4. The largest absolute Gasteiger partial charge is 0.330 e. The summed E-state index contributed by atoms with van der Waals surface area (Å²) in [5.74, 6) is -0.355. The van der Waals surface area contributed by atoms with Crippen molar-refractivity contribution >= 4 is 46.3 Å². The van der Waals surface area contributed by atoms with Crippen LogP contribution in [0.2, 0.25) is 10.2 Å². The number of hydrogen-bond donors (Lipinski definition) is 2. The van der Waals surface area contributed by atoms with Gasteiger partial charge in [0.05, 0.1) is 41.2 Å². The van der Waals surface area contributed by atoms with Gasteiger partial charge in [-0.1, -0.05) is 41.8 Å². The highest BCUT2D eigenvalue weighted by atomic mass is 35.5. The molecule has 2 N–H and O–H groups in total. The fraction of sp³-hybridized carbons (Fsp3) is 0.286. The first-order chi connectivity index (χ1) is 19.4. The van der Waals surface area contributed by atoms with E-state index in [2.05, 4.69) is 30.8 Å². The van der Waals surface area contributed by atoms with Crippen LogP contribution in [0.3, 0.4) is 0 Å². The molecule has 0 spiro atoms. The first kappa shape index (κ1) is 26.2. The predicted molar refractivity (Wildman–Crippen MR) is 152 cm³/mol. The highest BCUT2D eigenvalue weighted by Gasteiger charge is 2.30. The lowest BCUT2D eigenvalue weighted by atomic mass is 9.93. The third-order valence-corrected chi connectivity index (χ3v) is 7.87. The number of benzene rings is 1. The molecule has 0 saturated carbocycles. The molecule has 6 rings (SSSR count). The van der Waals surface area contributed by atoms with Crippen LogP contribution >= 0.6 is 23.2 Å². The predicted octanol–water partition coefficient (Wildman–Crippen LogP) is 5.47. The SMILES string of the molecule is C[C@@H]1CCC[C@H](N2CCC(c3cc(Cl)ccc3-n3cc(Cl)nn3)=CC2=O)c2cc(ccn2)-c2[nH]ncc2NC1=O. The molecule has 12 heteroatoms. The number of nitrogens with one attached hydrogen (secondary N) is 2. The summed E-state index contributed by atoms with van der Waals surface area (Å²) in [5, 5.41) is 18.9. The lowest BCUT2D eigenvalue weighted by molar-refractivity contribution is -0.129. The van der Waals surface area contributed by atoms with E-state index < -0.39 is 0 Å². The summed E-state index contributed by atoms with van der Waals surface area (Å²) in [4.78, 5) is 33.1. The Morgan fingerprint density at radius 1 is 1.10 bits per heavy atom. The summed E-state index contributed by atoms with van der Waals surface area (Å²) >= 11 is 12.4. The number of aromatic nitrogens is 6. The van der Waals surface area contributed by atoms with Crippen molar-refractivity contribution in [2.75, 3.05) is 11.9 Å². The molecule has 0 fully saturated rings. The molecule has 0 radical (unpaired) electrons. The summed E-state index contributed by atoms with van der Waals surface area (Å²) in [6.07, 6.45) is 9.36. The zero-order valence-electron chi connectivity index (χ0n) is 21.6. The van der Waals surface area contributed by atoms with E-state index in [-0.39, 0.29) is 28.9 Å². The third kappa shape index (κ3) is 5.12. The van der Waals surface area contributed by atoms with Crippen LogP contribution < -0.4 is 5.32 Å². The van der Waals surface area contributed by atoms with Gasteiger partial charge in [-0.15, -0.1) is 5.10 Å². The van der Waals surface area contributed by atoms with E-state index in [1.807, 2.05) is 36.1 Å². The van der Waals surface area contributed by atoms with Crippen molar-refractivity contribution in [2.45, 2.75) is 38.6 Å². The van der Waals surface area contributed by atoms with E-state index in [4.69, 9.17) is 23.2 Å². The van der Waals surface area contributed by atoms with Gasteiger partial charge in [0.25, 0.3) is 0 Å². The summed E-state index contributed by atoms with van der Waals surface area (Å²) in [7, 11) is 0. The van der Waals surface area contributed by atoms with E-state index in [0.717, 1.165) is 34.5 Å². The molecule has 5 heterocycles. The molecule has 0 saturated heterocycles. The summed E-state index contributed by atoms with van der Waals surface area (Å²) in [5.41, 5.74) is 5.35. The number of rotatable bonds is 3. The second-order valence-corrected chi connectivity index (χ2v) is 10.9. The van der Waals surface area contributed by atoms with Crippen LogP contribution in [0.15, 0.2) is 55.0 Å². The standard InChI is InChI=1S/C28H26Cl2N8O2/c1-16-3-2-4-24(21-11-18(7-9-31-21)27-22(14-32-35-27)33-28(16)40)37-10-8-17(12-26(37)39)20-13-19(29)5-6-23(20)38-15-25(30)34-36-38/h5-7,9,11-16,24H,2-4,8,10H2,1H3,(H,32,35)(H,33,40)/t16-,24+/m1/s1. The molecule has 2 amide bonds. The van der Waals surface area contributed by atoms with Crippen molar-refractivity contribution in [3.05, 3.63) is 76.4 Å². The molecule has 3 aromatic heterocycles. The number of nitrogens with zero attached hydrogens (tertiary/aromatic N) is 6. The molecule has 2 bridgehead atoms. The van der Waals surface area contributed by atoms with Crippen molar-refractivity contribution in [1.29, 1.82) is 0 Å². The van der Waals surface area contributed by atoms with Crippen molar-refractivity contribution in [2.24, 2.45) is 5.92 Å². The van der Waals surface area contributed by atoms with Crippen LogP contribution in [0, 0.1) is 5.92 Å². The molecule has 2 atom stereocenters. The molecule has 10 nitrogen and oxygen atoms in total. The van der Waals surface area contributed by atoms with Crippen LogP contribution in [0.1, 0.15) is 49.9 Å². The minimum absolute atomic E-state index is 0.0540. The Bertz CT molecular complexity index is 1630. The fourth-order valence-electron chi connectivity index (χ4n) is 5.36. The minimum atomic E-state index is -0.251. The van der Waals surface area contributed by atoms with Gasteiger partial charge < -0.3 is 10.2 Å². The number of H-pyrrole nitrogens is 1. The number of anilines is 1. The zero-order valence-corrected chi connectivity index (χ0v) is 23.2. The van der Waals surface area contributed by atoms with Gasteiger partial charge in [-0.3, -0.25) is 19.7 Å². The molecule has 1 aromatic carbocycles. The highest BCUT2D eigenvalue weighted by molar-refractivity contribution is 6.31. The zero-order chi connectivity index (χ0) is 27.8. The first-order valence-electron chi connectivity index (χ1n) is 13.1. The van der Waals surface area contributed by atoms with Gasteiger partial charge in [-0.2, -0.15) is 5.10 Å². The van der Waals surface area contributed by atoms with Crippen LogP contribution in [-0.2, 0) is 9.59 Å². The fourth-order valence-corrected chi connectivity index (χ4v) is 5.66. The van der Waals surface area contributed by atoms with Crippen molar-refractivity contribution in [3.8, 4) is 16.9 Å². The van der Waals surface area contributed by atoms with E-state index >= 15 is 0 Å². The van der Waals surface area contributed by atoms with Crippen LogP contribution in [0.25, 0.3) is 22.5 Å². The molecular formula is C28H26Cl2N8O2. The Morgan fingerprint density at radius 2 is 1.98 bits per heavy atom. The van der Waals surface area contributed by atoms with E-state index in [1.165, 1.54) is 0 Å². The quantitative estimate of drug-likeness (QED) is 0.333. The lowest BCUT2D eigenvalue weighted by Crippen LogP contribution is -2.38. The van der Waals surface area contributed by atoms with Crippen molar-refractivity contribution in [1.82, 2.24) is 35.1 Å². The number of halogens is 2. The van der Waals surface area contributed by atoms with Gasteiger partial charge in [0, 0.05) is 40.9 Å². The number of hydrogen-bond acceptors (Lipinski definition) is 6. The van der Waals surface area contributed by atoms with Crippen LogP contribution in [-0.4, -0.2) is 53.4 Å². The molecule has 2 aliphatic rings. The summed E-state index contributed by atoms with van der Waals surface area (Å²) < 4.78 is 1.58. The molecule has 2 aliphatic heterocycles. The Kier molecular flexibility index (Phi) is 7.12. The Hall–Kier alpha value is -4.02. The van der Waals surface area contributed by atoms with Gasteiger partial charge in [0.15, 0.2) is 5.15 Å². The van der Waals surface area contributed by atoms with Crippen molar-refractivity contribution in [3.63, 3.8) is 0 Å². The topological polar surface area (TPSA) is 122 Å². The number of amides is 2. The number of carbonyl (C=O) groups is 2. The molecule has 4 aromatic rings. The average molecular weight is 577 g/mol. The van der Waals surface area contributed by atoms with E-state index in [0.29, 0.717) is 42.2 Å². The lowest BCUT2D eigenvalue weighted by Gasteiger charge is -2.34. The molecular weight excluding hydrogens is 551 g/mol. The number of carbonyl (C=O) groups excluding carboxylic acids is 2. The monoisotopic (exact) mass is 576 g/mol. The van der Waals surface area contributed by atoms with Gasteiger partial charge in [-0.25, -0.2) is 4.68 Å². The maximum Gasteiger partial charge on any atom is 0.247 e. The Balaban J connectivity index is 1.35. The number of aromatic amines is 1. The minimum Gasteiger partial charge on any atom is -0.330 e. The molecule has 204 valence electrons. The van der Waals surface area contributed by atoms with Crippen molar-refractivity contribution < 1.29 is 9.59 Å². The highest BCUT2D eigenvalue weighted by Crippen LogP contribution is 2.36. The normalized spacial score (nSPS) is 19.8. The maximum atomic E-state index is 13.7.